The van der Waals surface area contributed by atoms with Crippen LogP contribution in [0.15, 0.2) is 65.8 Å². The van der Waals surface area contributed by atoms with Crippen molar-refractivity contribution < 1.29 is 4.74 Å². The van der Waals surface area contributed by atoms with Crippen LogP contribution in [0.2, 0.25) is 0 Å². The summed E-state index contributed by atoms with van der Waals surface area (Å²) in [6.45, 7) is 0. The lowest BCUT2D eigenvalue weighted by Gasteiger charge is -2.08. The molecule has 5 aromatic rings. The van der Waals surface area contributed by atoms with Crippen LogP contribution in [0.4, 0.5) is 5.95 Å². The molecule has 1 N–H and O–H groups in total. The van der Waals surface area contributed by atoms with Crippen molar-refractivity contribution in [2.24, 2.45) is 12.1 Å². The number of aryl methyl sites for hydroxylation is 1. The van der Waals surface area contributed by atoms with Crippen molar-refractivity contribution in [3.05, 3.63) is 66.2 Å². The summed E-state index contributed by atoms with van der Waals surface area (Å²) in [5.74, 6) is 1.08. The fourth-order valence-electron chi connectivity index (χ4n) is 3.60. The van der Waals surface area contributed by atoms with Crippen LogP contribution in [0.25, 0.3) is 32.8 Å². The predicted molar refractivity (Wildman–Crippen MR) is 116 cm³/mol. The molecule has 142 valence electrons. The van der Waals surface area contributed by atoms with Gasteiger partial charge in [0.15, 0.2) is 5.65 Å². The van der Waals surface area contributed by atoms with E-state index in [1.165, 1.54) is 0 Å². The lowest BCUT2D eigenvalue weighted by molar-refractivity contribution is 0.415. The monoisotopic (exact) mass is 382 g/mol. The Balaban J connectivity index is 1.51. The number of hydrogen-bond acceptors (Lipinski definition) is 6. The smallest absolute Gasteiger partial charge is 0.265 e. The molecule has 0 radical (unpaired) electrons. The van der Waals surface area contributed by atoms with E-state index >= 15 is 0 Å². The first-order valence-electron chi connectivity index (χ1n) is 9.19. The Labute approximate surface area is 166 Å². The Morgan fingerprint density at radius 2 is 1.76 bits per heavy atom. The molecule has 0 aliphatic carbocycles. The Morgan fingerprint density at radius 1 is 0.966 bits per heavy atom. The highest BCUT2D eigenvalue weighted by Crippen LogP contribution is 2.27. The molecule has 0 unspecified atom stereocenters. The van der Waals surface area contributed by atoms with Gasteiger partial charge in [-0.15, -0.1) is 10.2 Å². The van der Waals surface area contributed by atoms with Gasteiger partial charge in [0.05, 0.1) is 18.8 Å². The molecule has 0 fully saturated rings. The van der Waals surface area contributed by atoms with Gasteiger partial charge in [0.1, 0.15) is 11.3 Å². The second kappa shape index (κ2) is 6.87. The van der Waals surface area contributed by atoms with Gasteiger partial charge >= 0.3 is 0 Å². The van der Waals surface area contributed by atoms with Crippen molar-refractivity contribution in [3.8, 4) is 5.75 Å². The average molecular weight is 382 g/mol. The Bertz CT molecular complexity index is 1390. The maximum atomic E-state index is 5.50. The molecule has 0 saturated carbocycles. The Morgan fingerprint density at radius 3 is 2.62 bits per heavy atom. The first kappa shape index (κ1) is 17.1. The zero-order valence-electron chi connectivity index (χ0n) is 16.0. The lowest BCUT2D eigenvalue weighted by Crippen LogP contribution is -2.01. The van der Waals surface area contributed by atoms with E-state index in [2.05, 4.69) is 31.8 Å². The van der Waals surface area contributed by atoms with Crippen LogP contribution in [-0.4, -0.2) is 33.1 Å². The minimum absolute atomic E-state index is 0.332. The minimum atomic E-state index is 0.332. The third-order valence-electron chi connectivity index (χ3n) is 5.02. The standard InChI is InChI=1S/C22H18N6O/c1-28-18-10-6-5-9-16(18)20-21(28)24-22(27-25-20)26-23-13-17-15-8-4-3-7-14(15)11-12-19(17)29-2/h3-13H,1-2H3,(H,24,26,27)/b23-13-. The fourth-order valence-corrected chi connectivity index (χ4v) is 3.60. The molecule has 0 saturated heterocycles. The van der Waals surface area contributed by atoms with Crippen LogP contribution < -0.4 is 10.2 Å². The largest absolute Gasteiger partial charge is 0.496 e. The quantitative estimate of drug-likeness (QED) is 0.374. The first-order chi connectivity index (χ1) is 14.3. The predicted octanol–water partition coefficient (Wildman–Crippen LogP) is 4.12. The number of para-hydroxylation sites is 1. The van der Waals surface area contributed by atoms with Crippen LogP contribution in [-0.2, 0) is 7.05 Å². The molecule has 0 aliphatic heterocycles. The van der Waals surface area contributed by atoms with Gasteiger partial charge in [0, 0.05) is 18.0 Å². The number of fused-ring (bicyclic) bond motifs is 4. The number of rotatable bonds is 4. The van der Waals surface area contributed by atoms with Gasteiger partial charge in [-0.05, 0) is 22.9 Å². The summed E-state index contributed by atoms with van der Waals surface area (Å²) in [6, 6.07) is 20.1. The molecule has 5 rings (SSSR count). The number of anilines is 1. The molecular formula is C22H18N6O. The SMILES string of the molecule is COc1ccc2ccccc2c1/C=N\Nc1nnc2c3ccccc3n(C)c2n1. The van der Waals surface area contributed by atoms with E-state index in [-0.39, 0.29) is 0 Å². The molecule has 0 atom stereocenters. The highest BCUT2D eigenvalue weighted by molar-refractivity contribution is 6.04. The maximum Gasteiger partial charge on any atom is 0.265 e. The van der Waals surface area contributed by atoms with Gasteiger partial charge in [-0.3, -0.25) is 0 Å². The van der Waals surface area contributed by atoms with Crippen LogP contribution in [0, 0.1) is 0 Å². The molecule has 0 bridgehead atoms. The van der Waals surface area contributed by atoms with Gasteiger partial charge in [-0.25, -0.2) is 5.43 Å². The summed E-state index contributed by atoms with van der Waals surface area (Å²) in [6.07, 6.45) is 1.72. The summed E-state index contributed by atoms with van der Waals surface area (Å²) < 4.78 is 7.50. The second-order valence-electron chi connectivity index (χ2n) is 6.66. The van der Waals surface area contributed by atoms with Crippen LogP contribution in [0.5, 0.6) is 5.75 Å². The zero-order chi connectivity index (χ0) is 19.8. The van der Waals surface area contributed by atoms with Gasteiger partial charge < -0.3 is 9.30 Å². The first-order valence-corrected chi connectivity index (χ1v) is 9.19. The van der Waals surface area contributed by atoms with Gasteiger partial charge in [-0.1, -0.05) is 48.5 Å². The fraction of sp³-hybridized carbons (Fsp3) is 0.0909. The normalized spacial score (nSPS) is 11.7. The van der Waals surface area contributed by atoms with E-state index in [0.717, 1.165) is 44.2 Å². The number of benzene rings is 3. The summed E-state index contributed by atoms with van der Waals surface area (Å²) in [5.41, 5.74) is 6.36. The molecule has 3 aromatic carbocycles. The van der Waals surface area contributed by atoms with Crippen LogP contribution in [0.3, 0.4) is 0 Å². The van der Waals surface area contributed by atoms with Crippen LogP contribution >= 0.6 is 0 Å². The highest BCUT2D eigenvalue weighted by Gasteiger charge is 2.12. The van der Waals surface area contributed by atoms with Crippen molar-refractivity contribution in [2.75, 3.05) is 12.5 Å². The minimum Gasteiger partial charge on any atom is -0.496 e. The maximum absolute atomic E-state index is 5.50. The van der Waals surface area contributed by atoms with E-state index in [4.69, 9.17) is 4.74 Å². The van der Waals surface area contributed by atoms with E-state index in [0.29, 0.717) is 5.95 Å². The zero-order valence-corrected chi connectivity index (χ0v) is 16.0. The van der Waals surface area contributed by atoms with E-state index in [9.17, 15) is 0 Å². The third kappa shape index (κ3) is 2.84. The molecule has 2 heterocycles. The molecule has 2 aromatic heterocycles. The molecule has 7 heteroatoms. The number of hydrazone groups is 1. The molecule has 7 nitrogen and oxygen atoms in total. The van der Waals surface area contributed by atoms with Crippen LogP contribution in [0.1, 0.15) is 5.56 Å². The van der Waals surface area contributed by atoms with Crippen molar-refractivity contribution in [2.45, 2.75) is 0 Å². The highest BCUT2D eigenvalue weighted by atomic mass is 16.5. The number of nitrogens with one attached hydrogen (secondary N) is 1. The van der Waals surface area contributed by atoms with E-state index < -0.39 is 0 Å². The van der Waals surface area contributed by atoms with Gasteiger partial charge in [0.2, 0.25) is 0 Å². The van der Waals surface area contributed by atoms with Crippen molar-refractivity contribution >= 4 is 45.0 Å². The average Bonchev–Trinajstić information content (AvgIpc) is 3.06. The molecule has 29 heavy (non-hydrogen) atoms. The van der Waals surface area contributed by atoms with Crippen molar-refractivity contribution in [1.82, 2.24) is 19.7 Å². The summed E-state index contributed by atoms with van der Waals surface area (Å²) in [7, 11) is 3.61. The number of ether oxygens (including phenoxy) is 1. The van der Waals surface area contributed by atoms with Gasteiger partial charge in [-0.2, -0.15) is 10.1 Å². The molecule has 0 aliphatic rings. The van der Waals surface area contributed by atoms with E-state index in [1.54, 1.807) is 13.3 Å². The number of methoxy groups -OCH3 is 1. The third-order valence-corrected chi connectivity index (χ3v) is 5.02. The Hall–Kier alpha value is -4.00. The second-order valence-corrected chi connectivity index (χ2v) is 6.66. The van der Waals surface area contributed by atoms with Crippen molar-refractivity contribution in [3.63, 3.8) is 0 Å². The number of aromatic nitrogens is 4. The Kier molecular flexibility index (Phi) is 4.05. The summed E-state index contributed by atoms with van der Waals surface area (Å²) in [4.78, 5) is 4.58. The van der Waals surface area contributed by atoms with E-state index in [1.807, 2.05) is 66.2 Å². The van der Waals surface area contributed by atoms with Gasteiger partial charge in [0.25, 0.3) is 5.95 Å². The molecular weight excluding hydrogens is 364 g/mol. The summed E-state index contributed by atoms with van der Waals surface area (Å²) >= 11 is 0. The molecule has 0 spiro atoms. The number of nitrogens with zero attached hydrogens (tertiary/aromatic N) is 5. The topological polar surface area (TPSA) is 77.2 Å². The summed E-state index contributed by atoms with van der Waals surface area (Å²) in [5, 5.41) is 16.1. The van der Waals surface area contributed by atoms with Crippen molar-refractivity contribution in [1.29, 1.82) is 0 Å². The molecule has 0 amide bonds. The lowest BCUT2D eigenvalue weighted by atomic mass is 10.0. The number of hydrogen-bond donors (Lipinski definition) is 1.